The molecule has 1 aliphatic heterocycles. The predicted octanol–water partition coefficient (Wildman–Crippen LogP) is 4.21. The highest BCUT2D eigenvalue weighted by Crippen LogP contribution is 2.63. The van der Waals surface area contributed by atoms with Crippen molar-refractivity contribution in [1.82, 2.24) is 0 Å². The molecule has 1 saturated heterocycles. The van der Waals surface area contributed by atoms with E-state index in [4.69, 9.17) is 4.74 Å². The molecule has 0 aromatic rings. The van der Waals surface area contributed by atoms with E-state index in [1.165, 1.54) is 57.0 Å². The normalized spacial score (nSPS) is 25.0. The first kappa shape index (κ1) is 20.9. The fraction of sp³-hybridized carbons (Fsp3) is 0.944. The summed E-state index contributed by atoms with van der Waals surface area (Å²) in [5.74, 6) is -3.39. The number of carboxylic acids is 1. The standard InChI is InChI=1S/C18H35O4P/c1-4-7-12-23(13-8-5-2,14-9-6-3)15-16-10-11-22-18(16,21)17(19)20/h16,21H,4-15H2,1-3H3/p+1. The minimum atomic E-state index is -1.95. The second kappa shape index (κ2) is 9.96. The van der Waals surface area contributed by atoms with Crippen LogP contribution < -0.4 is 0 Å². The smallest absolute Gasteiger partial charge is 0.364 e. The van der Waals surface area contributed by atoms with E-state index in [1.54, 1.807) is 0 Å². The summed E-state index contributed by atoms with van der Waals surface area (Å²) in [6.07, 6.45) is 12.5. The van der Waals surface area contributed by atoms with E-state index >= 15 is 0 Å². The number of rotatable bonds is 12. The van der Waals surface area contributed by atoms with Gasteiger partial charge < -0.3 is 14.9 Å². The highest BCUT2D eigenvalue weighted by molar-refractivity contribution is 7.75. The topological polar surface area (TPSA) is 66.8 Å². The van der Waals surface area contributed by atoms with E-state index in [9.17, 15) is 15.0 Å². The van der Waals surface area contributed by atoms with Crippen LogP contribution in [0.15, 0.2) is 0 Å². The van der Waals surface area contributed by atoms with E-state index in [1.807, 2.05) is 0 Å². The molecule has 2 N–H and O–H groups in total. The lowest BCUT2D eigenvalue weighted by molar-refractivity contribution is -0.216. The van der Waals surface area contributed by atoms with Gasteiger partial charge in [0.15, 0.2) is 0 Å². The summed E-state index contributed by atoms with van der Waals surface area (Å²) >= 11 is 0. The molecule has 23 heavy (non-hydrogen) atoms. The molecule has 1 fully saturated rings. The fourth-order valence-electron chi connectivity index (χ4n) is 3.68. The monoisotopic (exact) mass is 347 g/mol. The number of ether oxygens (including phenoxy) is 1. The SMILES string of the molecule is CCCC[P+](CCCC)(CCCC)CC1CCOC1(O)C(=O)O. The molecule has 1 heterocycles. The van der Waals surface area contributed by atoms with E-state index in [2.05, 4.69) is 20.8 Å². The van der Waals surface area contributed by atoms with Gasteiger partial charge in [0.05, 0.1) is 37.2 Å². The van der Waals surface area contributed by atoms with Crippen LogP contribution in [0.25, 0.3) is 0 Å². The zero-order valence-corrected chi connectivity index (χ0v) is 16.1. The lowest BCUT2D eigenvalue weighted by Gasteiger charge is -2.33. The fourth-order valence-corrected chi connectivity index (χ4v) is 9.22. The van der Waals surface area contributed by atoms with Crippen LogP contribution in [0.4, 0.5) is 0 Å². The quantitative estimate of drug-likeness (QED) is 0.519. The average Bonchev–Trinajstić information content (AvgIpc) is 2.90. The van der Waals surface area contributed by atoms with Gasteiger partial charge in [-0.2, -0.15) is 0 Å². The Labute approximate surface area is 142 Å². The molecule has 4 nitrogen and oxygen atoms in total. The van der Waals surface area contributed by atoms with Gasteiger partial charge in [-0.15, -0.1) is 0 Å². The van der Waals surface area contributed by atoms with E-state index in [0.29, 0.717) is 13.0 Å². The summed E-state index contributed by atoms with van der Waals surface area (Å²) in [6, 6.07) is 0. The van der Waals surface area contributed by atoms with Crippen molar-refractivity contribution in [3.05, 3.63) is 0 Å². The van der Waals surface area contributed by atoms with Crippen LogP contribution in [-0.4, -0.2) is 53.2 Å². The van der Waals surface area contributed by atoms with Crippen LogP contribution in [0.3, 0.4) is 0 Å². The van der Waals surface area contributed by atoms with Gasteiger partial charge in [-0.1, -0.05) is 40.0 Å². The molecule has 2 atom stereocenters. The summed E-state index contributed by atoms with van der Waals surface area (Å²) in [7, 11) is -1.22. The van der Waals surface area contributed by atoms with Crippen LogP contribution in [0.2, 0.25) is 0 Å². The highest BCUT2D eigenvalue weighted by Gasteiger charge is 2.54. The number of hydrogen-bond donors (Lipinski definition) is 2. The maximum Gasteiger partial charge on any atom is 0.364 e. The van der Waals surface area contributed by atoms with Crippen molar-refractivity contribution in [2.24, 2.45) is 5.92 Å². The van der Waals surface area contributed by atoms with Crippen molar-refractivity contribution in [2.45, 2.75) is 71.5 Å². The lowest BCUT2D eigenvalue weighted by atomic mass is 10.0. The molecule has 0 radical (unpaired) electrons. The van der Waals surface area contributed by atoms with Crippen molar-refractivity contribution in [1.29, 1.82) is 0 Å². The molecule has 0 aromatic heterocycles. The summed E-state index contributed by atoms with van der Waals surface area (Å²) in [5.41, 5.74) is 0. The number of aliphatic carboxylic acids is 1. The molecule has 1 aliphatic rings. The predicted molar refractivity (Wildman–Crippen MR) is 97.8 cm³/mol. The van der Waals surface area contributed by atoms with Gasteiger partial charge in [-0.05, 0) is 25.7 Å². The Bertz CT molecular complexity index is 339. The lowest BCUT2D eigenvalue weighted by Crippen LogP contribution is -2.45. The largest absolute Gasteiger partial charge is 0.477 e. The van der Waals surface area contributed by atoms with Crippen molar-refractivity contribution in [3.8, 4) is 0 Å². The number of hydrogen-bond acceptors (Lipinski definition) is 3. The van der Waals surface area contributed by atoms with E-state index in [-0.39, 0.29) is 5.92 Å². The molecule has 2 unspecified atom stereocenters. The maximum atomic E-state index is 11.5. The number of aliphatic hydroxyl groups is 1. The Morgan fingerprint density at radius 2 is 1.57 bits per heavy atom. The highest BCUT2D eigenvalue weighted by atomic mass is 31.2. The molecular weight excluding hydrogens is 311 g/mol. The summed E-state index contributed by atoms with van der Waals surface area (Å²) in [6.45, 7) is 7.03. The first-order valence-electron chi connectivity index (χ1n) is 9.39. The maximum absolute atomic E-state index is 11.5. The molecule has 0 spiro atoms. The average molecular weight is 347 g/mol. The van der Waals surface area contributed by atoms with Crippen molar-refractivity contribution >= 4 is 13.2 Å². The molecule has 0 saturated carbocycles. The third-order valence-corrected chi connectivity index (χ3v) is 10.2. The third-order valence-electron chi connectivity index (χ3n) is 5.21. The van der Waals surface area contributed by atoms with Gasteiger partial charge >= 0.3 is 5.97 Å². The third kappa shape index (κ3) is 5.69. The summed E-state index contributed by atoms with van der Waals surface area (Å²) < 4.78 is 5.25. The number of unbranched alkanes of at least 4 members (excludes halogenated alkanes) is 3. The molecule has 0 aromatic carbocycles. The number of carbonyl (C=O) groups is 1. The van der Waals surface area contributed by atoms with Crippen LogP contribution >= 0.6 is 7.26 Å². The zero-order chi connectivity index (χ0) is 17.3. The summed E-state index contributed by atoms with van der Waals surface area (Å²) in [5, 5.41) is 19.9. The van der Waals surface area contributed by atoms with Crippen molar-refractivity contribution < 1.29 is 19.7 Å². The summed E-state index contributed by atoms with van der Waals surface area (Å²) in [4.78, 5) is 11.5. The Morgan fingerprint density at radius 3 is 1.96 bits per heavy atom. The van der Waals surface area contributed by atoms with Crippen LogP contribution in [0.5, 0.6) is 0 Å². The van der Waals surface area contributed by atoms with Gasteiger partial charge in [-0.3, -0.25) is 0 Å². The first-order valence-corrected chi connectivity index (χ1v) is 11.9. The second-order valence-electron chi connectivity index (χ2n) is 7.09. The first-order chi connectivity index (χ1) is 10.9. The van der Waals surface area contributed by atoms with Crippen LogP contribution in [-0.2, 0) is 9.53 Å². The molecule has 0 amide bonds. The molecule has 136 valence electrons. The minimum Gasteiger partial charge on any atom is -0.477 e. The Morgan fingerprint density at radius 1 is 1.09 bits per heavy atom. The zero-order valence-electron chi connectivity index (χ0n) is 15.2. The van der Waals surface area contributed by atoms with Gasteiger partial charge in [0.25, 0.3) is 5.79 Å². The van der Waals surface area contributed by atoms with E-state index in [0.717, 1.165) is 6.16 Å². The second-order valence-corrected chi connectivity index (χ2v) is 11.5. The molecule has 5 heteroatoms. The minimum absolute atomic E-state index is 0.237. The van der Waals surface area contributed by atoms with Crippen molar-refractivity contribution in [2.75, 3.05) is 31.3 Å². The van der Waals surface area contributed by atoms with E-state index < -0.39 is 19.0 Å². The van der Waals surface area contributed by atoms with Gasteiger partial charge in [0, 0.05) is 7.26 Å². The Hall–Kier alpha value is -0.180. The van der Waals surface area contributed by atoms with Crippen LogP contribution in [0, 0.1) is 5.92 Å². The molecular formula is C18H36O4P+. The van der Waals surface area contributed by atoms with Crippen LogP contribution in [0.1, 0.15) is 65.7 Å². The van der Waals surface area contributed by atoms with Crippen molar-refractivity contribution in [3.63, 3.8) is 0 Å². The molecule has 0 bridgehead atoms. The van der Waals surface area contributed by atoms with Gasteiger partial charge in [-0.25, -0.2) is 4.79 Å². The molecule has 1 rings (SSSR count). The molecule has 0 aliphatic carbocycles. The van der Waals surface area contributed by atoms with Gasteiger partial charge in [0.1, 0.15) is 0 Å². The Kier molecular flexibility index (Phi) is 9.03. The Balaban J connectivity index is 2.93. The number of carboxylic acid groups (broad SMARTS) is 1. The van der Waals surface area contributed by atoms with Gasteiger partial charge in [0.2, 0.25) is 0 Å².